The average Bonchev–Trinajstić information content (AvgIpc) is 2.87. The molecule has 18 heavy (non-hydrogen) atoms. The van der Waals surface area contributed by atoms with Crippen LogP contribution in [0.25, 0.3) is 0 Å². The molecule has 0 saturated carbocycles. The Morgan fingerprint density at radius 2 is 1.72 bits per heavy atom. The van der Waals surface area contributed by atoms with Gasteiger partial charge in [0.1, 0.15) is 0 Å². The van der Waals surface area contributed by atoms with E-state index < -0.39 is 11.6 Å². The molecule has 0 amide bonds. The number of anilines is 1. The molecule has 1 fully saturated rings. The van der Waals surface area contributed by atoms with Crippen LogP contribution in [-0.2, 0) is 6.42 Å². The lowest BCUT2D eigenvalue weighted by Gasteiger charge is -2.21. The summed E-state index contributed by atoms with van der Waals surface area (Å²) in [6.07, 6.45) is 4.85. The standard InChI is InChI=1S/C14H20F2N2/c15-12-9-11(5-1-2-6-17)14(10-13(12)16)18-7-3-4-8-18/h9-10H,1-8,17H2. The second-order valence-corrected chi connectivity index (χ2v) is 4.83. The Morgan fingerprint density at radius 1 is 1.06 bits per heavy atom. The Kier molecular flexibility index (Phi) is 4.53. The van der Waals surface area contributed by atoms with Crippen molar-refractivity contribution in [3.8, 4) is 0 Å². The van der Waals surface area contributed by atoms with Gasteiger partial charge in [-0.2, -0.15) is 0 Å². The Labute approximate surface area is 107 Å². The van der Waals surface area contributed by atoms with E-state index in [9.17, 15) is 8.78 Å². The molecule has 1 aromatic carbocycles. The van der Waals surface area contributed by atoms with Crippen molar-refractivity contribution in [3.63, 3.8) is 0 Å². The third-order valence-corrected chi connectivity index (χ3v) is 3.47. The van der Waals surface area contributed by atoms with Gasteiger partial charge in [-0.1, -0.05) is 0 Å². The number of halogens is 2. The van der Waals surface area contributed by atoms with Gasteiger partial charge in [-0.05, 0) is 50.3 Å². The molecule has 4 heteroatoms. The molecule has 0 atom stereocenters. The number of nitrogens with zero attached hydrogens (tertiary/aromatic N) is 1. The smallest absolute Gasteiger partial charge is 0.160 e. The van der Waals surface area contributed by atoms with E-state index in [0.717, 1.165) is 56.4 Å². The maximum atomic E-state index is 13.4. The van der Waals surface area contributed by atoms with Crippen LogP contribution in [0.3, 0.4) is 0 Å². The Morgan fingerprint density at radius 3 is 2.39 bits per heavy atom. The van der Waals surface area contributed by atoms with E-state index in [-0.39, 0.29) is 0 Å². The summed E-state index contributed by atoms with van der Waals surface area (Å²) in [5.41, 5.74) is 7.23. The van der Waals surface area contributed by atoms with Crippen molar-refractivity contribution in [1.82, 2.24) is 0 Å². The minimum Gasteiger partial charge on any atom is -0.371 e. The Hall–Kier alpha value is -1.16. The van der Waals surface area contributed by atoms with Gasteiger partial charge in [0.15, 0.2) is 11.6 Å². The molecular weight excluding hydrogens is 234 g/mol. The maximum absolute atomic E-state index is 13.4. The minimum atomic E-state index is -0.750. The van der Waals surface area contributed by atoms with E-state index in [1.54, 1.807) is 0 Å². The van der Waals surface area contributed by atoms with Crippen LogP contribution in [0.2, 0.25) is 0 Å². The zero-order chi connectivity index (χ0) is 13.0. The number of rotatable bonds is 5. The van der Waals surface area contributed by atoms with Gasteiger partial charge < -0.3 is 10.6 Å². The summed E-state index contributed by atoms with van der Waals surface area (Å²) < 4.78 is 26.7. The molecule has 0 radical (unpaired) electrons. The summed E-state index contributed by atoms with van der Waals surface area (Å²) in [6.45, 7) is 2.52. The molecule has 1 aliphatic heterocycles. The van der Waals surface area contributed by atoms with Crippen molar-refractivity contribution in [2.24, 2.45) is 5.73 Å². The third-order valence-electron chi connectivity index (χ3n) is 3.47. The largest absolute Gasteiger partial charge is 0.371 e. The summed E-state index contributed by atoms with van der Waals surface area (Å²) in [5.74, 6) is -1.50. The maximum Gasteiger partial charge on any atom is 0.160 e. The van der Waals surface area contributed by atoms with Crippen LogP contribution in [0.4, 0.5) is 14.5 Å². The SMILES string of the molecule is NCCCCc1cc(F)c(F)cc1N1CCCC1. The van der Waals surface area contributed by atoms with Crippen LogP contribution >= 0.6 is 0 Å². The normalized spacial score (nSPS) is 15.4. The molecule has 1 heterocycles. The van der Waals surface area contributed by atoms with Crippen LogP contribution in [-0.4, -0.2) is 19.6 Å². The first-order valence-electron chi connectivity index (χ1n) is 6.65. The lowest BCUT2D eigenvalue weighted by molar-refractivity contribution is 0.506. The van der Waals surface area contributed by atoms with Gasteiger partial charge in [-0.3, -0.25) is 0 Å². The summed E-state index contributed by atoms with van der Waals surface area (Å²) in [6, 6.07) is 2.69. The van der Waals surface area contributed by atoms with E-state index in [4.69, 9.17) is 5.73 Å². The summed E-state index contributed by atoms with van der Waals surface area (Å²) in [5, 5.41) is 0. The zero-order valence-electron chi connectivity index (χ0n) is 10.6. The molecule has 0 aromatic heterocycles. The number of benzene rings is 1. The van der Waals surface area contributed by atoms with Crippen LogP contribution in [0.5, 0.6) is 0 Å². The van der Waals surface area contributed by atoms with Crippen molar-refractivity contribution in [3.05, 3.63) is 29.3 Å². The van der Waals surface area contributed by atoms with Crippen molar-refractivity contribution >= 4 is 5.69 Å². The Balaban J connectivity index is 2.20. The first-order chi connectivity index (χ1) is 8.72. The van der Waals surface area contributed by atoms with E-state index >= 15 is 0 Å². The van der Waals surface area contributed by atoms with Gasteiger partial charge >= 0.3 is 0 Å². The highest BCUT2D eigenvalue weighted by Gasteiger charge is 2.18. The highest BCUT2D eigenvalue weighted by Crippen LogP contribution is 2.28. The number of hydrogen-bond acceptors (Lipinski definition) is 2. The van der Waals surface area contributed by atoms with Gasteiger partial charge in [-0.25, -0.2) is 8.78 Å². The fourth-order valence-electron chi connectivity index (χ4n) is 2.49. The predicted octanol–water partition coefficient (Wildman–Crippen LogP) is 2.85. The fraction of sp³-hybridized carbons (Fsp3) is 0.571. The van der Waals surface area contributed by atoms with Crippen molar-refractivity contribution in [2.45, 2.75) is 32.1 Å². The second kappa shape index (κ2) is 6.14. The van der Waals surface area contributed by atoms with E-state index in [1.165, 1.54) is 12.1 Å². The summed E-state index contributed by atoms with van der Waals surface area (Å²) >= 11 is 0. The molecule has 0 aliphatic carbocycles. The molecule has 2 rings (SSSR count). The molecule has 0 bridgehead atoms. The summed E-state index contributed by atoms with van der Waals surface area (Å²) in [7, 11) is 0. The molecular formula is C14H20F2N2. The monoisotopic (exact) mass is 254 g/mol. The second-order valence-electron chi connectivity index (χ2n) is 4.83. The molecule has 2 N–H and O–H groups in total. The molecule has 1 aliphatic rings. The number of hydrogen-bond donors (Lipinski definition) is 1. The zero-order valence-corrected chi connectivity index (χ0v) is 10.6. The van der Waals surface area contributed by atoms with Crippen LogP contribution in [0, 0.1) is 11.6 Å². The lowest BCUT2D eigenvalue weighted by atomic mass is 10.0. The van der Waals surface area contributed by atoms with Gasteiger partial charge in [0.05, 0.1) is 0 Å². The minimum absolute atomic E-state index is 0.642. The van der Waals surface area contributed by atoms with E-state index in [2.05, 4.69) is 4.90 Å². The molecule has 2 nitrogen and oxygen atoms in total. The van der Waals surface area contributed by atoms with Gasteiger partial charge in [0, 0.05) is 24.8 Å². The number of nitrogens with two attached hydrogens (primary N) is 1. The quantitative estimate of drug-likeness (QED) is 0.819. The first kappa shape index (κ1) is 13.3. The van der Waals surface area contributed by atoms with Crippen LogP contribution < -0.4 is 10.6 Å². The van der Waals surface area contributed by atoms with Crippen molar-refractivity contribution in [2.75, 3.05) is 24.5 Å². The number of aryl methyl sites for hydroxylation is 1. The molecule has 1 saturated heterocycles. The van der Waals surface area contributed by atoms with Gasteiger partial charge in [0.25, 0.3) is 0 Å². The molecule has 100 valence electrons. The van der Waals surface area contributed by atoms with Crippen molar-refractivity contribution < 1.29 is 8.78 Å². The molecule has 0 spiro atoms. The number of unbranched alkanes of at least 4 members (excludes halogenated alkanes) is 1. The average molecular weight is 254 g/mol. The van der Waals surface area contributed by atoms with Crippen LogP contribution in [0.15, 0.2) is 12.1 Å². The fourth-order valence-corrected chi connectivity index (χ4v) is 2.49. The van der Waals surface area contributed by atoms with Gasteiger partial charge in [-0.15, -0.1) is 0 Å². The lowest BCUT2D eigenvalue weighted by Crippen LogP contribution is -2.20. The third kappa shape index (κ3) is 2.99. The topological polar surface area (TPSA) is 29.3 Å². The molecule has 0 unspecified atom stereocenters. The van der Waals surface area contributed by atoms with Crippen LogP contribution in [0.1, 0.15) is 31.2 Å². The van der Waals surface area contributed by atoms with E-state index in [0.29, 0.717) is 6.54 Å². The highest BCUT2D eigenvalue weighted by atomic mass is 19.2. The van der Waals surface area contributed by atoms with Crippen molar-refractivity contribution in [1.29, 1.82) is 0 Å². The summed E-state index contributed by atoms with van der Waals surface area (Å²) in [4.78, 5) is 2.15. The van der Waals surface area contributed by atoms with Gasteiger partial charge in [0.2, 0.25) is 0 Å². The predicted molar refractivity (Wildman–Crippen MR) is 69.8 cm³/mol. The molecule has 1 aromatic rings. The van der Waals surface area contributed by atoms with E-state index in [1.807, 2.05) is 0 Å². The Bertz CT molecular complexity index is 401. The highest BCUT2D eigenvalue weighted by molar-refractivity contribution is 5.55. The first-order valence-corrected chi connectivity index (χ1v) is 6.65.